The lowest BCUT2D eigenvalue weighted by Gasteiger charge is -2.22. The van der Waals surface area contributed by atoms with Gasteiger partial charge in [0.2, 0.25) is 11.2 Å². The number of ether oxygens (including phenoxy) is 6. The van der Waals surface area contributed by atoms with Gasteiger partial charge in [0.25, 0.3) is 0 Å². The number of rotatable bonds is 29. The van der Waals surface area contributed by atoms with Crippen LogP contribution in [0.1, 0.15) is 145 Å². The van der Waals surface area contributed by atoms with Crippen LogP contribution in [0.5, 0.6) is 34.5 Å². The van der Waals surface area contributed by atoms with E-state index in [2.05, 4.69) is 19.2 Å². The van der Waals surface area contributed by atoms with Gasteiger partial charge in [-0.15, -0.1) is 0 Å². The van der Waals surface area contributed by atoms with Gasteiger partial charge in [-0.3, -0.25) is 4.79 Å². The standard InChI is InChI=1S/C45H69NO7/c1-8-15-16-17-18-19-20-21-22-23-24-25-26-27-28-29-30-46-37-33-36(48-9-2)34-38(49-10-3)41(37)43(47)45(53-14-7)42(46)35-31-39(50-11-4)44(52-13-6)40(32-35)51-12-5/h29-34H,8-28H2,1-7H3. The first kappa shape index (κ1) is 43.6. The highest BCUT2D eigenvalue weighted by Gasteiger charge is 2.25. The third-order valence-corrected chi connectivity index (χ3v) is 9.26. The first-order chi connectivity index (χ1) is 26.0. The van der Waals surface area contributed by atoms with Crippen molar-refractivity contribution in [2.75, 3.05) is 39.6 Å². The zero-order valence-electron chi connectivity index (χ0n) is 34.1. The van der Waals surface area contributed by atoms with Crippen LogP contribution in [0.15, 0.2) is 35.1 Å². The maximum Gasteiger partial charge on any atom is 0.235 e. The van der Waals surface area contributed by atoms with Crippen LogP contribution in [0.25, 0.3) is 28.4 Å². The Balaban J connectivity index is 1.96. The number of pyridine rings is 1. The van der Waals surface area contributed by atoms with E-state index in [9.17, 15) is 4.79 Å². The highest BCUT2D eigenvalue weighted by molar-refractivity contribution is 5.94. The third-order valence-electron chi connectivity index (χ3n) is 9.26. The van der Waals surface area contributed by atoms with Crippen LogP contribution in [0.4, 0.5) is 0 Å². The third kappa shape index (κ3) is 13.2. The lowest BCUT2D eigenvalue weighted by molar-refractivity contribution is 0.261. The molecule has 0 aliphatic heterocycles. The summed E-state index contributed by atoms with van der Waals surface area (Å²) in [6.45, 7) is 16.3. The van der Waals surface area contributed by atoms with Crippen molar-refractivity contribution in [3.8, 4) is 45.8 Å². The molecule has 53 heavy (non-hydrogen) atoms. The number of nitrogens with zero attached hydrogens (tertiary/aromatic N) is 1. The molecule has 0 spiro atoms. The SMILES string of the molecule is CCCCCCCCCCCCCCCCC=Cn1c(-c2cc(OCC)c(OCC)c(OCC)c2)c(OCC)c(=O)c2c(OCC)cc(OCC)cc21. The van der Waals surface area contributed by atoms with Crippen LogP contribution in [0.3, 0.4) is 0 Å². The zero-order chi connectivity index (χ0) is 38.3. The average Bonchev–Trinajstić information content (AvgIpc) is 3.14. The van der Waals surface area contributed by atoms with E-state index in [1.165, 1.54) is 83.5 Å². The molecule has 0 radical (unpaired) electrons. The van der Waals surface area contributed by atoms with E-state index in [4.69, 9.17) is 28.4 Å². The molecule has 3 aromatic rings. The smallest absolute Gasteiger partial charge is 0.235 e. The van der Waals surface area contributed by atoms with Crippen molar-refractivity contribution >= 4 is 17.1 Å². The Hall–Kier alpha value is -3.81. The predicted molar refractivity (Wildman–Crippen MR) is 221 cm³/mol. The van der Waals surface area contributed by atoms with E-state index in [0.717, 1.165) is 12.8 Å². The molecule has 1 heterocycles. The van der Waals surface area contributed by atoms with Gasteiger partial charge in [0.15, 0.2) is 17.2 Å². The van der Waals surface area contributed by atoms with Gasteiger partial charge in [0, 0.05) is 23.9 Å². The average molecular weight is 736 g/mol. The molecule has 0 atom stereocenters. The molecule has 0 unspecified atom stereocenters. The van der Waals surface area contributed by atoms with Gasteiger partial charge in [-0.2, -0.15) is 0 Å². The summed E-state index contributed by atoms with van der Waals surface area (Å²) < 4.78 is 38.5. The molecular weight excluding hydrogens is 666 g/mol. The second-order valence-electron chi connectivity index (χ2n) is 13.4. The first-order valence-electron chi connectivity index (χ1n) is 20.9. The zero-order valence-corrected chi connectivity index (χ0v) is 34.1. The molecule has 0 N–H and O–H groups in total. The molecule has 0 aliphatic carbocycles. The van der Waals surface area contributed by atoms with Crippen molar-refractivity contribution < 1.29 is 28.4 Å². The van der Waals surface area contributed by atoms with Crippen LogP contribution in [-0.2, 0) is 0 Å². The molecular formula is C45H69NO7. The molecule has 296 valence electrons. The summed E-state index contributed by atoms with van der Waals surface area (Å²) in [5.74, 6) is 2.96. The van der Waals surface area contributed by atoms with E-state index in [1.807, 2.05) is 64.3 Å². The van der Waals surface area contributed by atoms with Crippen molar-refractivity contribution in [3.63, 3.8) is 0 Å². The highest BCUT2D eigenvalue weighted by Crippen LogP contribution is 2.45. The fourth-order valence-corrected chi connectivity index (χ4v) is 6.83. The Labute approximate surface area is 320 Å². The molecule has 8 heteroatoms. The number of fused-ring (bicyclic) bond motifs is 1. The lowest BCUT2D eigenvalue weighted by Crippen LogP contribution is -2.16. The molecule has 0 bridgehead atoms. The molecule has 0 saturated heterocycles. The Morgan fingerprint density at radius 2 is 0.981 bits per heavy atom. The minimum atomic E-state index is -0.246. The number of allylic oxidation sites excluding steroid dienone is 1. The van der Waals surface area contributed by atoms with E-state index >= 15 is 0 Å². The van der Waals surface area contributed by atoms with E-state index < -0.39 is 0 Å². The van der Waals surface area contributed by atoms with Gasteiger partial charge < -0.3 is 33.0 Å². The van der Waals surface area contributed by atoms with Crippen LogP contribution < -0.4 is 33.8 Å². The molecule has 8 nitrogen and oxygen atoms in total. The summed E-state index contributed by atoms with van der Waals surface area (Å²) in [5.41, 5.74) is 1.74. The summed E-state index contributed by atoms with van der Waals surface area (Å²) >= 11 is 0. The van der Waals surface area contributed by atoms with E-state index in [0.29, 0.717) is 90.5 Å². The highest BCUT2D eigenvalue weighted by atomic mass is 16.5. The fraction of sp³-hybridized carbons (Fsp3) is 0.622. The number of aromatic nitrogens is 1. The second-order valence-corrected chi connectivity index (χ2v) is 13.4. The largest absolute Gasteiger partial charge is 0.494 e. The summed E-state index contributed by atoms with van der Waals surface area (Å²) in [5, 5.41) is 0.449. The first-order valence-corrected chi connectivity index (χ1v) is 20.9. The number of unbranched alkanes of at least 4 members (excludes halogenated alkanes) is 14. The monoisotopic (exact) mass is 736 g/mol. The molecule has 2 aromatic carbocycles. The minimum absolute atomic E-state index is 0.236. The second kappa shape index (κ2) is 25.3. The Morgan fingerprint density at radius 3 is 1.49 bits per heavy atom. The molecule has 0 fully saturated rings. The Morgan fingerprint density at radius 1 is 0.509 bits per heavy atom. The van der Waals surface area contributed by atoms with Crippen molar-refractivity contribution in [2.24, 2.45) is 0 Å². The van der Waals surface area contributed by atoms with Gasteiger partial charge >= 0.3 is 0 Å². The van der Waals surface area contributed by atoms with E-state index in [1.54, 1.807) is 6.07 Å². The number of hydrogen-bond acceptors (Lipinski definition) is 7. The molecule has 3 rings (SSSR count). The summed E-state index contributed by atoms with van der Waals surface area (Å²) in [4.78, 5) is 14.5. The summed E-state index contributed by atoms with van der Waals surface area (Å²) in [6.07, 6.45) is 23.8. The van der Waals surface area contributed by atoms with Crippen LogP contribution >= 0.6 is 0 Å². The maximum atomic E-state index is 14.5. The summed E-state index contributed by atoms with van der Waals surface area (Å²) in [7, 11) is 0. The van der Waals surface area contributed by atoms with Crippen molar-refractivity contribution in [1.82, 2.24) is 4.57 Å². The molecule has 0 amide bonds. The summed E-state index contributed by atoms with van der Waals surface area (Å²) in [6, 6.07) is 7.54. The van der Waals surface area contributed by atoms with E-state index in [-0.39, 0.29) is 11.2 Å². The fourth-order valence-electron chi connectivity index (χ4n) is 6.83. The molecule has 0 aliphatic rings. The van der Waals surface area contributed by atoms with Gasteiger partial charge in [0.05, 0.1) is 56.2 Å². The van der Waals surface area contributed by atoms with Crippen molar-refractivity contribution in [1.29, 1.82) is 0 Å². The number of hydrogen-bond donors (Lipinski definition) is 0. The van der Waals surface area contributed by atoms with Crippen molar-refractivity contribution in [2.45, 2.75) is 145 Å². The lowest BCUT2D eigenvalue weighted by atomic mass is 10.0. The maximum absolute atomic E-state index is 14.5. The minimum Gasteiger partial charge on any atom is -0.494 e. The van der Waals surface area contributed by atoms with Gasteiger partial charge in [-0.1, -0.05) is 96.5 Å². The van der Waals surface area contributed by atoms with Crippen LogP contribution in [0, 0.1) is 0 Å². The van der Waals surface area contributed by atoms with Crippen LogP contribution in [-0.4, -0.2) is 44.2 Å². The normalized spacial score (nSPS) is 11.4. The molecule has 1 aromatic heterocycles. The predicted octanol–water partition coefficient (Wildman–Crippen LogP) is 12.4. The Bertz CT molecular complexity index is 1550. The van der Waals surface area contributed by atoms with Gasteiger partial charge in [0.1, 0.15) is 11.5 Å². The number of benzene rings is 2. The van der Waals surface area contributed by atoms with Gasteiger partial charge in [-0.05, 0) is 66.5 Å². The quantitative estimate of drug-likeness (QED) is 0.0657. The topological polar surface area (TPSA) is 77.4 Å². The Kier molecular flexibility index (Phi) is 20.8. The van der Waals surface area contributed by atoms with Crippen molar-refractivity contribution in [3.05, 3.63) is 40.6 Å². The molecule has 0 saturated carbocycles. The van der Waals surface area contributed by atoms with Crippen LogP contribution in [0.2, 0.25) is 0 Å². The van der Waals surface area contributed by atoms with Gasteiger partial charge in [-0.25, -0.2) is 0 Å².